The number of nitrogens with one attached hydrogen (secondary N) is 1. The summed E-state index contributed by atoms with van der Waals surface area (Å²) in [7, 11) is 0. The third-order valence-electron chi connectivity index (χ3n) is 4.45. The fourth-order valence-corrected chi connectivity index (χ4v) is 3.80. The summed E-state index contributed by atoms with van der Waals surface area (Å²) < 4.78 is 18.0. The van der Waals surface area contributed by atoms with E-state index in [0.29, 0.717) is 24.0 Å². The van der Waals surface area contributed by atoms with Crippen LogP contribution in [0.4, 0.5) is 0 Å². The molecule has 0 bridgehead atoms. The third-order valence-corrected chi connectivity index (χ3v) is 5.53. The number of hydrogen-bond donors (Lipinski definition) is 1. The number of carbonyl (C=O) groups excluding carboxylic acids is 1. The lowest BCUT2D eigenvalue weighted by molar-refractivity contribution is -0.120. The number of carbonyl (C=O) groups is 1. The molecule has 27 heavy (non-hydrogen) atoms. The van der Waals surface area contributed by atoms with Crippen molar-refractivity contribution in [2.45, 2.75) is 49.4 Å². The Kier molecular flexibility index (Phi) is 5.44. The minimum Gasteiger partial charge on any atom is -0.454 e. The molecule has 2 atom stereocenters. The minimum atomic E-state index is -0.326. The molecule has 3 heterocycles. The molecule has 2 aromatic rings. The SMILES string of the molecule is C[C@H](Sc1nnnn1C[C@@H]1CCCO1)C(=O)NCc1ccc2c(c1)OCO2. The molecule has 1 saturated heterocycles. The van der Waals surface area contributed by atoms with Gasteiger partial charge < -0.3 is 19.5 Å². The number of amides is 1. The van der Waals surface area contributed by atoms with Gasteiger partial charge in [-0.3, -0.25) is 4.79 Å². The van der Waals surface area contributed by atoms with Gasteiger partial charge in [0.25, 0.3) is 0 Å². The molecule has 1 aromatic heterocycles. The van der Waals surface area contributed by atoms with Crippen LogP contribution in [0.5, 0.6) is 11.5 Å². The molecule has 9 nitrogen and oxygen atoms in total. The smallest absolute Gasteiger partial charge is 0.233 e. The predicted molar refractivity (Wildman–Crippen MR) is 96.5 cm³/mol. The maximum atomic E-state index is 12.4. The van der Waals surface area contributed by atoms with E-state index in [9.17, 15) is 4.79 Å². The number of aromatic nitrogens is 4. The molecule has 4 rings (SSSR count). The van der Waals surface area contributed by atoms with Gasteiger partial charge in [0.2, 0.25) is 17.9 Å². The molecule has 0 saturated carbocycles. The standard InChI is InChI=1S/C17H21N5O4S/c1-11(27-17-19-20-21-22(17)9-13-3-2-6-24-13)16(23)18-8-12-4-5-14-15(7-12)26-10-25-14/h4-5,7,11,13H,2-3,6,8-10H2,1H3,(H,18,23)/t11-,13-/m0/s1. The van der Waals surface area contributed by atoms with Gasteiger partial charge in [0, 0.05) is 13.2 Å². The fourth-order valence-electron chi connectivity index (χ4n) is 2.97. The van der Waals surface area contributed by atoms with E-state index < -0.39 is 0 Å². The van der Waals surface area contributed by atoms with Gasteiger partial charge in [-0.05, 0) is 47.9 Å². The number of tetrazole rings is 1. The topological polar surface area (TPSA) is 100 Å². The van der Waals surface area contributed by atoms with E-state index in [0.717, 1.165) is 30.8 Å². The van der Waals surface area contributed by atoms with Crippen molar-refractivity contribution in [1.82, 2.24) is 25.5 Å². The first kappa shape index (κ1) is 18.1. The molecule has 10 heteroatoms. The first-order chi connectivity index (χ1) is 13.2. The third kappa shape index (κ3) is 4.33. The van der Waals surface area contributed by atoms with Crippen LogP contribution in [0.25, 0.3) is 0 Å². The van der Waals surface area contributed by atoms with Crippen LogP contribution in [-0.4, -0.2) is 50.9 Å². The Morgan fingerprint density at radius 2 is 2.30 bits per heavy atom. The lowest BCUT2D eigenvalue weighted by Gasteiger charge is -2.13. The van der Waals surface area contributed by atoms with Crippen molar-refractivity contribution < 1.29 is 19.0 Å². The first-order valence-electron chi connectivity index (χ1n) is 8.90. The predicted octanol–water partition coefficient (Wildman–Crippen LogP) is 1.38. The highest BCUT2D eigenvalue weighted by Crippen LogP contribution is 2.32. The molecule has 1 N–H and O–H groups in total. The zero-order chi connectivity index (χ0) is 18.6. The highest BCUT2D eigenvalue weighted by Gasteiger charge is 2.22. The Balaban J connectivity index is 1.30. The average Bonchev–Trinajstić information content (AvgIpc) is 3.42. The van der Waals surface area contributed by atoms with Crippen LogP contribution in [0.15, 0.2) is 23.4 Å². The molecule has 0 unspecified atom stereocenters. The van der Waals surface area contributed by atoms with Gasteiger partial charge in [-0.2, -0.15) is 0 Å². The van der Waals surface area contributed by atoms with Crippen LogP contribution in [-0.2, 0) is 22.6 Å². The Labute approximate surface area is 160 Å². The quantitative estimate of drug-likeness (QED) is 0.707. The summed E-state index contributed by atoms with van der Waals surface area (Å²) in [4.78, 5) is 12.4. The van der Waals surface area contributed by atoms with Crippen molar-refractivity contribution in [3.63, 3.8) is 0 Å². The normalized spacial score (nSPS) is 19.2. The van der Waals surface area contributed by atoms with E-state index in [-0.39, 0.29) is 24.1 Å². The summed E-state index contributed by atoms with van der Waals surface area (Å²) in [5, 5.41) is 15.0. The largest absolute Gasteiger partial charge is 0.454 e. The van der Waals surface area contributed by atoms with Gasteiger partial charge in [-0.1, -0.05) is 17.8 Å². The molecule has 1 fully saturated rings. The molecule has 2 aliphatic rings. The molecular weight excluding hydrogens is 370 g/mol. The molecule has 0 spiro atoms. The van der Waals surface area contributed by atoms with Gasteiger partial charge in [-0.15, -0.1) is 5.10 Å². The van der Waals surface area contributed by atoms with Crippen molar-refractivity contribution in [2.24, 2.45) is 0 Å². The van der Waals surface area contributed by atoms with E-state index in [4.69, 9.17) is 14.2 Å². The molecular formula is C17H21N5O4S. The number of benzene rings is 1. The molecule has 144 valence electrons. The van der Waals surface area contributed by atoms with Crippen LogP contribution in [0.3, 0.4) is 0 Å². The molecule has 2 aliphatic heterocycles. The van der Waals surface area contributed by atoms with Crippen LogP contribution >= 0.6 is 11.8 Å². The minimum absolute atomic E-state index is 0.0793. The summed E-state index contributed by atoms with van der Waals surface area (Å²) >= 11 is 1.34. The number of fused-ring (bicyclic) bond motifs is 1. The zero-order valence-corrected chi connectivity index (χ0v) is 15.8. The average molecular weight is 391 g/mol. The lowest BCUT2D eigenvalue weighted by Crippen LogP contribution is -2.30. The second kappa shape index (κ2) is 8.13. The molecule has 0 aliphatic carbocycles. The summed E-state index contributed by atoms with van der Waals surface area (Å²) in [6.45, 7) is 3.89. The Morgan fingerprint density at radius 3 is 3.15 bits per heavy atom. The maximum Gasteiger partial charge on any atom is 0.233 e. The maximum absolute atomic E-state index is 12.4. The van der Waals surface area contributed by atoms with Crippen molar-refractivity contribution >= 4 is 17.7 Å². The van der Waals surface area contributed by atoms with E-state index in [1.54, 1.807) is 4.68 Å². The van der Waals surface area contributed by atoms with Crippen molar-refractivity contribution in [1.29, 1.82) is 0 Å². The summed E-state index contributed by atoms with van der Waals surface area (Å²) in [6.07, 6.45) is 2.21. The van der Waals surface area contributed by atoms with Crippen molar-refractivity contribution in [3.8, 4) is 11.5 Å². The zero-order valence-electron chi connectivity index (χ0n) is 15.0. The Bertz CT molecular complexity index is 808. The molecule has 0 radical (unpaired) electrons. The number of thioether (sulfide) groups is 1. The Morgan fingerprint density at radius 1 is 1.41 bits per heavy atom. The number of ether oxygens (including phenoxy) is 3. The van der Waals surface area contributed by atoms with Crippen LogP contribution in [0.1, 0.15) is 25.3 Å². The molecule has 1 amide bonds. The van der Waals surface area contributed by atoms with E-state index in [1.165, 1.54) is 11.8 Å². The lowest BCUT2D eigenvalue weighted by atomic mass is 10.2. The van der Waals surface area contributed by atoms with Crippen molar-refractivity contribution in [3.05, 3.63) is 23.8 Å². The Hall–Kier alpha value is -2.33. The van der Waals surface area contributed by atoms with E-state index in [2.05, 4.69) is 20.8 Å². The second-order valence-electron chi connectivity index (χ2n) is 6.44. The molecule has 1 aromatic carbocycles. The van der Waals surface area contributed by atoms with Gasteiger partial charge in [-0.25, -0.2) is 4.68 Å². The number of nitrogens with zero attached hydrogens (tertiary/aromatic N) is 4. The van der Waals surface area contributed by atoms with Gasteiger partial charge in [0.1, 0.15) is 0 Å². The van der Waals surface area contributed by atoms with Crippen LogP contribution < -0.4 is 14.8 Å². The van der Waals surface area contributed by atoms with E-state index >= 15 is 0 Å². The van der Waals surface area contributed by atoms with Crippen LogP contribution in [0.2, 0.25) is 0 Å². The van der Waals surface area contributed by atoms with Crippen molar-refractivity contribution in [2.75, 3.05) is 13.4 Å². The number of hydrogen-bond acceptors (Lipinski definition) is 8. The van der Waals surface area contributed by atoms with Gasteiger partial charge >= 0.3 is 0 Å². The first-order valence-corrected chi connectivity index (χ1v) is 9.77. The highest BCUT2D eigenvalue weighted by molar-refractivity contribution is 8.00. The van der Waals surface area contributed by atoms with Gasteiger partial charge in [0.05, 0.1) is 17.9 Å². The fraction of sp³-hybridized carbons (Fsp3) is 0.529. The van der Waals surface area contributed by atoms with Gasteiger partial charge in [0.15, 0.2) is 11.5 Å². The summed E-state index contributed by atoms with van der Waals surface area (Å²) in [6, 6.07) is 5.64. The monoisotopic (exact) mass is 391 g/mol. The highest BCUT2D eigenvalue weighted by atomic mass is 32.2. The summed E-state index contributed by atoms with van der Waals surface area (Å²) in [5.74, 6) is 1.36. The summed E-state index contributed by atoms with van der Waals surface area (Å²) in [5.41, 5.74) is 0.952. The second-order valence-corrected chi connectivity index (χ2v) is 7.75. The van der Waals surface area contributed by atoms with Crippen LogP contribution in [0, 0.1) is 0 Å². The van der Waals surface area contributed by atoms with E-state index in [1.807, 2.05) is 25.1 Å². The number of rotatable bonds is 7.